The molecule has 1 amide bonds. The molecule has 0 aliphatic rings. The number of hydrogen-bond donors (Lipinski definition) is 3. The summed E-state index contributed by atoms with van der Waals surface area (Å²) in [7, 11) is 1.74. The normalized spacial score (nSPS) is 10.8. The lowest BCUT2D eigenvalue weighted by atomic mass is 10.1. The maximum absolute atomic E-state index is 10.8. The molecule has 0 bridgehead atoms. The molecule has 0 radical (unpaired) electrons. The van der Waals surface area contributed by atoms with E-state index in [2.05, 4.69) is 45.0 Å². The van der Waals surface area contributed by atoms with Gasteiger partial charge in [0.15, 0.2) is 12.6 Å². The fourth-order valence-electron chi connectivity index (χ4n) is 2.87. The minimum Gasteiger partial charge on any atom is -0.484 e. The number of nitrogens with two attached hydrogens (primary N) is 1. The average molecular weight is 534 g/mol. The lowest BCUT2D eigenvalue weighted by Gasteiger charge is -2.13. The van der Waals surface area contributed by atoms with Crippen LogP contribution in [0.15, 0.2) is 72.0 Å². The summed E-state index contributed by atoms with van der Waals surface area (Å²) in [5, 5.41) is 10.8. The highest BCUT2D eigenvalue weighted by Gasteiger charge is 2.03. The first-order chi connectivity index (χ1) is 14.6. The van der Waals surface area contributed by atoms with Crippen LogP contribution < -0.4 is 21.1 Å². The van der Waals surface area contributed by atoms with Gasteiger partial charge >= 0.3 is 0 Å². The molecule has 0 spiro atoms. The molecule has 1 aromatic heterocycles. The van der Waals surface area contributed by atoms with Gasteiger partial charge < -0.3 is 21.1 Å². The number of amides is 1. The van der Waals surface area contributed by atoms with Gasteiger partial charge in [-0.3, -0.25) is 9.79 Å². The molecule has 0 fully saturated rings. The van der Waals surface area contributed by atoms with Crippen LogP contribution in [0.4, 0.5) is 0 Å². The van der Waals surface area contributed by atoms with Gasteiger partial charge in [-0.05, 0) is 47.9 Å². The molecule has 0 unspecified atom stereocenters. The fourth-order valence-corrected chi connectivity index (χ4v) is 2.87. The number of aliphatic imine (C=N–C) groups is 1. The van der Waals surface area contributed by atoms with Gasteiger partial charge in [0, 0.05) is 32.5 Å². The number of hydrogen-bond acceptors (Lipinski definition) is 4. The zero-order chi connectivity index (χ0) is 21.2. The second kappa shape index (κ2) is 12.6. The quantitative estimate of drug-likeness (QED) is 0.222. The largest absolute Gasteiger partial charge is 0.484 e. The Labute approximate surface area is 198 Å². The Morgan fingerprint density at radius 3 is 2.61 bits per heavy atom. The van der Waals surface area contributed by atoms with Crippen molar-refractivity contribution in [2.75, 3.05) is 20.2 Å². The molecule has 3 aromatic rings. The molecule has 8 nitrogen and oxygen atoms in total. The van der Waals surface area contributed by atoms with E-state index in [1.807, 2.05) is 35.1 Å². The van der Waals surface area contributed by atoms with Gasteiger partial charge in [0.2, 0.25) is 0 Å². The molecule has 164 valence electrons. The van der Waals surface area contributed by atoms with E-state index < -0.39 is 5.91 Å². The number of benzene rings is 2. The van der Waals surface area contributed by atoms with Crippen molar-refractivity contribution < 1.29 is 9.53 Å². The second-order valence-corrected chi connectivity index (χ2v) is 6.62. The molecular weight excluding hydrogens is 507 g/mol. The molecule has 0 aliphatic carbocycles. The Balaban J connectivity index is 0.00000341. The number of guanidine groups is 1. The summed E-state index contributed by atoms with van der Waals surface area (Å²) in [6.07, 6.45) is 4.56. The van der Waals surface area contributed by atoms with Gasteiger partial charge in [-0.25, -0.2) is 4.68 Å². The van der Waals surface area contributed by atoms with Crippen molar-refractivity contribution in [2.45, 2.75) is 13.0 Å². The Hall–Kier alpha value is -3.08. The summed E-state index contributed by atoms with van der Waals surface area (Å²) in [6.45, 7) is 1.19. The molecule has 0 atom stereocenters. The zero-order valence-electron chi connectivity index (χ0n) is 17.3. The summed E-state index contributed by atoms with van der Waals surface area (Å²) in [5.74, 6) is 0.820. The van der Waals surface area contributed by atoms with Gasteiger partial charge in [-0.1, -0.05) is 24.3 Å². The standard InChI is InChI=1S/C22H26N6O2.HI/c1-24-22(26-15-18-4-2-5-20(14-18)30-16-21(23)29)25-12-10-17-6-8-19(9-7-17)28-13-3-11-27-28;/h2-9,11,13-14H,10,12,15-16H2,1H3,(H2,23,29)(H2,24,25,26);1H. The number of rotatable bonds is 9. The molecule has 4 N–H and O–H groups in total. The molecule has 2 aromatic carbocycles. The predicted molar refractivity (Wildman–Crippen MR) is 132 cm³/mol. The Morgan fingerprint density at radius 1 is 1.13 bits per heavy atom. The number of nitrogens with one attached hydrogen (secondary N) is 2. The average Bonchev–Trinajstić information content (AvgIpc) is 3.30. The third-order valence-corrected chi connectivity index (χ3v) is 4.37. The highest BCUT2D eigenvalue weighted by Crippen LogP contribution is 2.13. The third kappa shape index (κ3) is 7.93. The highest BCUT2D eigenvalue weighted by atomic mass is 127. The van der Waals surface area contributed by atoms with Gasteiger partial charge in [0.1, 0.15) is 5.75 Å². The van der Waals surface area contributed by atoms with E-state index >= 15 is 0 Å². The van der Waals surface area contributed by atoms with Gasteiger partial charge in [-0.2, -0.15) is 5.10 Å². The van der Waals surface area contributed by atoms with Crippen molar-refractivity contribution in [3.63, 3.8) is 0 Å². The van der Waals surface area contributed by atoms with Crippen LogP contribution in [0.2, 0.25) is 0 Å². The van der Waals surface area contributed by atoms with Crippen molar-refractivity contribution >= 4 is 35.8 Å². The van der Waals surface area contributed by atoms with E-state index in [0.29, 0.717) is 18.3 Å². The van der Waals surface area contributed by atoms with Crippen LogP contribution in [-0.2, 0) is 17.8 Å². The number of aromatic nitrogens is 2. The van der Waals surface area contributed by atoms with Crippen LogP contribution >= 0.6 is 24.0 Å². The monoisotopic (exact) mass is 534 g/mol. The highest BCUT2D eigenvalue weighted by molar-refractivity contribution is 14.0. The summed E-state index contributed by atoms with van der Waals surface area (Å²) in [4.78, 5) is 15.1. The summed E-state index contributed by atoms with van der Waals surface area (Å²) >= 11 is 0. The number of halogens is 1. The molecule has 0 saturated heterocycles. The first kappa shape index (κ1) is 24.2. The Bertz CT molecular complexity index is 974. The van der Waals surface area contributed by atoms with E-state index in [9.17, 15) is 4.79 Å². The van der Waals surface area contributed by atoms with E-state index in [1.54, 1.807) is 19.3 Å². The molecule has 3 rings (SSSR count). The van der Waals surface area contributed by atoms with Crippen molar-refractivity contribution in [3.05, 3.63) is 78.1 Å². The predicted octanol–water partition coefficient (Wildman–Crippen LogP) is 2.26. The van der Waals surface area contributed by atoms with Crippen molar-refractivity contribution in [3.8, 4) is 11.4 Å². The minimum atomic E-state index is -0.501. The first-order valence-electron chi connectivity index (χ1n) is 9.67. The molecular formula is C22H27IN6O2. The molecule has 1 heterocycles. The number of carbonyl (C=O) groups is 1. The Kier molecular flexibility index (Phi) is 9.82. The van der Waals surface area contributed by atoms with E-state index in [4.69, 9.17) is 10.5 Å². The first-order valence-corrected chi connectivity index (χ1v) is 9.67. The lowest BCUT2D eigenvalue weighted by Crippen LogP contribution is -2.37. The minimum absolute atomic E-state index is 0. The second-order valence-electron chi connectivity index (χ2n) is 6.62. The van der Waals surface area contributed by atoms with E-state index in [-0.39, 0.29) is 30.6 Å². The van der Waals surface area contributed by atoms with Crippen molar-refractivity contribution in [2.24, 2.45) is 10.7 Å². The van der Waals surface area contributed by atoms with E-state index in [1.165, 1.54) is 5.56 Å². The van der Waals surface area contributed by atoms with Crippen LogP contribution in [0.25, 0.3) is 5.69 Å². The van der Waals surface area contributed by atoms with Crippen LogP contribution in [0.1, 0.15) is 11.1 Å². The molecule has 9 heteroatoms. The SMILES string of the molecule is CN=C(NCCc1ccc(-n2cccn2)cc1)NCc1cccc(OCC(N)=O)c1.I. The van der Waals surface area contributed by atoms with Crippen LogP contribution in [-0.4, -0.2) is 41.8 Å². The van der Waals surface area contributed by atoms with Gasteiger partial charge in [0.05, 0.1) is 5.69 Å². The van der Waals surface area contributed by atoms with Gasteiger partial charge in [0.25, 0.3) is 5.91 Å². The van der Waals surface area contributed by atoms with Gasteiger partial charge in [-0.15, -0.1) is 24.0 Å². The summed E-state index contributed by atoms with van der Waals surface area (Å²) in [5.41, 5.74) is 8.39. The molecule has 31 heavy (non-hydrogen) atoms. The number of nitrogens with zero attached hydrogens (tertiary/aromatic N) is 3. The summed E-state index contributed by atoms with van der Waals surface area (Å²) < 4.78 is 7.17. The van der Waals surface area contributed by atoms with Crippen LogP contribution in [0.3, 0.4) is 0 Å². The Morgan fingerprint density at radius 2 is 1.94 bits per heavy atom. The number of primary amides is 1. The maximum atomic E-state index is 10.8. The fraction of sp³-hybridized carbons (Fsp3) is 0.227. The summed E-state index contributed by atoms with van der Waals surface area (Å²) in [6, 6.07) is 17.7. The smallest absolute Gasteiger partial charge is 0.255 e. The van der Waals surface area contributed by atoms with E-state index in [0.717, 1.165) is 24.2 Å². The molecule has 0 saturated carbocycles. The number of ether oxygens (including phenoxy) is 1. The lowest BCUT2D eigenvalue weighted by molar-refractivity contribution is -0.119. The van der Waals surface area contributed by atoms with Crippen LogP contribution in [0, 0.1) is 0 Å². The third-order valence-electron chi connectivity index (χ3n) is 4.37. The maximum Gasteiger partial charge on any atom is 0.255 e. The van der Waals surface area contributed by atoms with Crippen molar-refractivity contribution in [1.82, 2.24) is 20.4 Å². The number of carbonyl (C=O) groups excluding carboxylic acids is 1. The van der Waals surface area contributed by atoms with Crippen LogP contribution in [0.5, 0.6) is 5.75 Å². The molecule has 0 aliphatic heterocycles. The topological polar surface area (TPSA) is 107 Å². The zero-order valence-corrected chi connectivity index (χ0v) is 19.7. The van der Waals surface area contributed by atoms with Crippen molar-refractivity contribution in [1.29, 1.82) is 0 Å².